The maximum Gasteiger partial charge on any atom is 0.337 e. The molecule has 28 heavy (non-hydrogen) atoms. The molecule has 1 amide bonds. The fourth-order valence-electron chi connectivity index (χ4n) is 3.28. The summed E-state index contributed by atoms with van der Waals surface area (Å²) in [7, 11) is -2.33. The van der Waals surface area contributed by atoms with E-state index in [0.29, 0.717) is 11.1 Å². The number of hydrogen-bond donors (Lipinski definition) is 0. The fraction of sp³-hybridized carbons (Fsp3) is 0.300. The second-order valence-corrected chi connectivity index (χ2v) is 8.83. The molecule has 1 heterocycles. The molecule has 2 aromatic rings. The van der Waals surface area contributed by atoms with Gasteiger partial charge < -0.3 is 9.64 Å². The molecule has 0 aliphatic carbocycles. The van der Waals surface area contributed by atoms with Gasteiger partial charge in [-0.2, -0.15) is 0 Å². The largest absolute Gasteiger partial charge is 0.465 e. The molecule has 0 N–H and O–H groups in total. The Balaban J connectivity index is 1.79. The number of sulfone groups is 1. The number of esters is 1. The van der Waals surface area contributed by atoms with Crippen molar-refractivity contribution in [1.82, 2.24) is 4.90 Å². The minimum Gasteiger partial charge on any atom is -0.465 e. The monoisotopic (exact) mass is 405 g/mol. The summed E-state index contributed by atoms with van der Waals surface area (Å²) in [6.45, 7) is 0.223. The summed E-state index contributed by atoms with van der Waals surface area (Å²) in [6.07, 6.45) is 0.120. The number of halogens is 1. The van der Waals surface area contributed by atoms with Gasteiger partial charge >= 0.3 is 5.97 Å². The third-order valence-corrected chi connectivity index (χ3v) is 6.94. The molecule has 2 aromatic carbocycles. The van der Waals surface area contributed by atoms with Crippen LogP contribution in [-0.2, 0) is 14.6 Å². The van der Waals surface area contributed by atoms with Gasteiger partial charge in [0, 0.05) is 24.2 Å². The molecule has 0 unspecified atom stereocenters. The van der Waals surface area contributed by atoms with Crippen LogP contribution in [0.3, 0.4) is 0 Å². The number of benzene rings is 2. The van der Waals surface area contributed by atoms with Crippen molar-refractivity contribution >= 4 is 21.7 Å². The number of ether oxygens (including phenoxy) is 1. The topological polar surface area (TPSA) is 80.8 Å². The zero-order chi connectivity index (χ0) is 20.3. The minimum absolute atomic E-state index is 0.0326. The number of hydrogen-bond acceptors (Lipinski definition) is 5. The molecule has 0 aromatic heterocycles. The maximum atomic E-state index is 14.1. The van der Waals surface area contributed by atoms with Crippen LogP contribution in [0.15, 0.2) is 48.5 Å². The molecule has 0 saturated carbocycles. The van der Waals surface area contributed by atoms with Crippen LogP contribution in [0.2, 0.25) is 0 Å². The van der Waals surface area contributed by atoms with E-state index in [4.69, 9.17) is 0 Å². The molecule has 0 radical (unpaired) electrons. The Hall–Kier alpha value is -2.74. The van der Waals surface area contributed by atoms with E-state index in [9.17, 15) is 22.4 Å². The Morgan fingerprint density at radius 2 is 1.68 bits per heavy atom. The van der Waals surface area contributed by atoms with Crippen LogP contribution in [0.5, 0.6) is 0 Å². The van der Waals surface area contributed by atoms with Gasteiger partial charge in [0.2, 0.25) is 0 Å². The first-order valence-corrected chi connectivity index (χ1v) is 10.5. The third kappa shape index (κ3) is 4.06. The molecule has 3 rings (SSSR count). The Kier molecular flexibility index (Phi) is 5.79. The van der Waals surface area contributed by atoms with E-state index in [1.807, 2.05) is 0 Å². The van der Waals surface area contributed by atoms with E-state index in [1.54, 1.807) is 6.07 Å². The lowest BCUT2D eigenvalue weighted by Crippen LogP contribution is -2.33. The number of amides is 1. The van der Waals surface area contributed by atoms with E-state index in [1.165, 1.54) is 54.5 Å². The molecule has 0 spiro atoms. The summed E-state index contributed by atoms with van der Waals surface area (Å²) < 4.78 is 44.1. The number of nitrogens with zero attached hydrogens (tertiary/aromatic N) is 1. The van der Waals surface area contributed by atoms with Crippen LogP contribution >= 0.6 is 0 Å². The van der Waals surface area contributed by atoms with Crippen LogP contribution in [0, 0.1) is 5.82 Å². The van der Waals surface area contributed by atoms with E-state index < -0.39 is 26.9 Å². The minimum atomic E-state index is -3.60. The van der Waals surface area contributed by atoms with Crippen LogP contribution < -0.4 is 0 Å². The third-order valence-electron chi connectivity index (χ3n) is 4.83. The van der Waals surface area contributed by atoms with Gasteiger partial charge in [0.1, 0.15) is 5.82 Å². The molecular formula is C20H20FNO5S. The van der Waals surface area contributed by atoms with Gasteiger partial charge in [-0.15, -0.1) is 0 Å². The normalized spacial score (nSPS) is 18.9. The molecular weight excluding hydrogens is 385 g/mol. The van der Waals surface area contributed by atoms with Gasteiger partial charge in [0.15, 0.2) is 9.84 Å². The summed E-state index contributed by atoms with van der Waals surface area (Å²) in [5.41, 5.74) is 0.797. The SMILES string of the molecule is COC(=O)c1ccc(C(=O)N2CC[C@@H](c3ccccc3F)S(=O)(=O)CC2)cc1. The van der Waals surface area contributed by atoms with E-state index in [0.717, 1.165) is 0 Å². The fourth-order valence-corrected chi connectivity index (χ4v) is 5.08. The molecule has 1 aliphatic heterocycles. The van der Waals surface area contributed by atoms with Crippen molar-refractivity contribution < 1.29 is 27.1 Å². The number of rotatable bonds is 3. The highest BCUT2D eigenvalue weighted by Gasteiger charge is 2.34. The van der Waals surface area contributed by atoms with Gasteiger partial charge in [-0.25, -0.2) is 17.6 Å². The van der Waals surface area contributed by atoms with E-state index in [-0.39, 0.29) is 36.7 Å². The number of carbonyl (C=O) groups excluding carboxylic acids is 2. The second-order valence-electron chi connectivity index (χ2n) is 6.53. The van der Waals surface area contributed by atoms with Crippen LogP contribution in [0.1, 0.15) is 38.0 Å². The van der Waals surface area contributed by atoms with Crippen molar-refractivity contribution in [2.75, 3.05) is 26.0 Å². The van der Waals surface area contributed by atoms with Gasteiger partial charge in [-0.1, -0.05) is 18.2 Å². The molecule has 6 nitrogen and oxygen atoms in total. The standard InChI is InChI=1S/C20H20FNO5S/c1-27-20(24)15-8-6-14(7-9-15)19(23)22-11-10-18(28(25,26)13-12-22)16-4-2-3-5-17(16)21/h2-9,18H,10-13H2,1H3/t18-/m0/s1. The van der Waals surface area contributed by atoms with Crippen LogP contribution in [-0.4, -0.2) is 51.1 Å². The molecule has 1 aliphatic rings. The maximum absolute atomic E-state index is 14.1. The Morgan fingerprint density at radius 3 is 2.32 bits per heavy atom. The first-order chi connectivity index (χ1) is 13.3. The van der Waals surface area contributed by atoms with Crippen molar-refractivity contribution in [1.29, 1.82) is 0 Å². The first kappa shape index (κ1) is 20.0. The lowest BCUT2D eigenvalue weighted by molar-refractivity contribution is 0.0599. The highest BCUT2D eigenvalue weighted by molar-refractivity contribution is 7.91. The summed E-state index contributed by atoms with van der Waals surface area (Å²) in [6, 6.07) is 11.8. The summed E-state index contributed by atoms with van der Waals surface area (Å²) in [5, 5.41) is -0.979. The molecule has 1 fully saturated rings. The lowest BCUT2D eigenvalue weighted by atomic mass is 10.1. The molecule has 1 saturated heterocycles. The molecule has 1 atom stereocenters. The van der Waals surface area contributed by atoms with Gasteiger partial charge in [-0.3, -0.25) is 4.79 Å². The summed E-state index contributed by atoms with van der Waals surface area (Å²) in [4.78, 5) is 25.7. The average molecular weight is 405 g/mol. The lowest BCUT2D eigenvalue weighted by Gasteiger charge is -2.20. The van der Waals surface area contributed by atoms with Crippen molar-refractivity contribution in [3.63, 3.8) is 0 Å². The van der Waals surface area contributed by atoms with Gasteiger partial charge in [0.25, 0.3) is 5.91 Å². The molecule has 0 bridgehead atoms. The van der Waals surface area contributed by atoms with Crippen molar-refractivity contribution in [2.45, 2.75) is 11.7 Å². The van der Waals surface area contributed by atoms with E-state index in [2.05, 4.69) is 4.74 Å². The second kappa shape index (κ2) is 8.10. The summed E-state index contributed by atoms with van der Waals surface area (Å²) in [5.74, 6) is -1.64. The quantitative estimate of drug-likeness (QED) is 0.734. The van der Waals surface area contributed by atoms with Gasteiger partial charge in [0.05, 0.1) is 23.7 Å². The average Bonchev–Trinajstić information content (AvgIpc) is 2.85. The van der Waals surface area contributed by atoms with Crippen LogP contribution in [0.25, 0.3) is 0 Å². The highest BCUT2D eigenvalue weighted by atomic mass is 32.2. The first-order valence-electron chi connectivity index (χ1n) is 8.77. The smallest absolute Gasteiger partial charge is 0.337 e. The highest BCUT2D eigenvalue weighted by Crippen LogP contribution is 2.31. The predicted octanol–water partition coefficient (Wildman–Crippen LogP) is 2.61. The Labute approximate surface area is 162 Å². The number of methoxy groups -OCH3 is 1. The molecule has 148 valence electrons. The Bertz CT molecular complexity index is 988. The van der Waals surface area contributed by atoms with E-state index >= 15 is 0 Å². The summed E-state index contributed by atoms with van der Waals surface area (Å²) >= 11 is 0. The zero-order valence-corrected chi connectivity index (χ0v) is 16.1. The van der Waals surface area contributed by atoms with Crippen molar-refractivity contribution in [2.24, 2.45) is 0 Å². The van der Waals surface area contributed by atoms with Gasteiger partial charge in [-0.05, 0) is 36.8 Å². The van der Waals surface area contributed by atoms with Crippen molar-refractivity contribution in [3.05, 3.63) is 71.0 Å². The zero-order valence-electron chi connectivity index (χ0n) is 15.3. The van der Waals surface area contributed by atoms with Crippen LogP contribution in [0.4, 0.5) is 4.39 Å². The van der Waals surface area contributed by atoms with Crippen molar-refractivity contribution in [3.8, 4) is 0 Å². The Morgan fingerprint density at radius 1 is 1.04 bits per heavy atom. The molecule has 8 heteroatoms. The number of carbonyl (C=O) groups is 2. The predicted molar refractivity (Wildman–Crippen MR) is 101 cm³/mol.